The maximum Gasteiger partial charge on any atom is 0.337 e. The van der Waals surface area contributed by atoms with E-state index in [1.54, 1.807) is 6.07 Å². The van der Waals surface area contributed by atoms with E-state index in [4.69, 9.17) is 9.15 Å². The molecule has 2 aromatic heterocycles. The zero-order chi connectivity index (χ0) is 17.9. The standard InChI is InChI=1S/C19H15N3O3S/c1-22-17(12-24-13-7-3-2-4-8-13)20-21-19(22)26-16-11-18(23)25-15-10-6-5-9-14(15)16/h2-11H,12H2,1H3. The lowest BCUT2D eigenvalue weighted by Gasteiger charge is -2.07. The summed E-state index contributed by atoms with van der Waals surface area (Å²) < 4.78 is 12.8. The van der Waals surface area contributed by atoms with Gasteiger partial charge in [0.2, 0.25) is 0 Å². The van der Waals surface area contributed by atoms with Crippen LogP contribution in [0.2, 0.25) is 0 Å². The Morgan fingerprint density at radius 3 is 2.69 bits per heavy atom. The Morgan fingerprint density at radius 2 is 1.85 bits per heavy atom. The summed E-state index contributed by atoms with van der Waals surface area (Å²) in [6.45, 7) is 0.311. The van der Waals surface area contributed by atoms with Gasteiger partial charge in [-0.25, -0.2) is 4.79 Å². The summed E-state index contributed by atoms with van der Waals surface area (Å²) in [5.41, 5.74) is 0.165. The van der Waals surface area contributed by atoms with Gasteiger partial charge >= 0.3 is 5.63 Å². The monoisotopic (exact) mass is 365 g/mol. The highest BCUT2D eigenvalue weighted by Gasteiger charge is 2.14. The summed E-state index contributed by atoms with van der Waals surface area (Å²) in [5.74, 6) is 1.47. The number of para-hydroxylation sites is 2. The van der Waals surface area contributed by atoms with E-state index in [-0.39, 0.29) is 5.63 Å². The predicted molar refractivity (Wildman–Crippen MR) is 98.4 cm³/mol. The van der Waals surface area contributed by atoms with Crippen LogP contribution in [0.15, 0.2) is 79.9 Å². The third-order valence-electron chi connectivity index (χ3n) is 3.85. The third-order valence-corrected chi connectivity index (χ3v) is 4.95. The molecule has 4 aromatic rings. The molecule has 2 aromatic carbocycles. The maximum absolute atomic E-state index is 11.8. The molecule has 0 saturated carbocycles. The van der Waals surface area contributed by atoms with Crippen molar-refractivity contribution in [2.24, 2.45) is 7.05 Å². The lowest BCUT2D eigenvalue weighted by atomic mass is 10.2. The topological polar surface area (TPSA) is 70.2 Å². The quantitative estimate of drug-likeness (QED) is 0.503. The van der Waals surface area contributed by atoms with E-state index in [9.17, 15) is 4.79 Å². The van der Waals surface area contributed by atoms with E-state index < -0.39 is 0 Å². The molecule has 2 heterocycles. The van der Waals surface area contributed by atoms with Crippen LogP contribution in [0.3, 0.4) is 0 Å². The van der Waals surface area contributed by atoms with E-state index >= 15 is 0 Å². The van der Waals surface area contributed by atoms with Crippen molar-refractivity contribution in [1.29, 1.82) is 0 Å². The van der Waals surface area contributed by atoms with Crippen molar-refractivity contribution in [2.45, 2.75) is 16.7 Å². The Bertz CT molecular complexity index is 1110. The van der Waals surface area contributed by atoms with Gasteiger partial charge in [-0.15, -0.1) is 10.2 Å². The molecule has 7 heteroatoms. The zero-order valence-corrected chi connectivity index (χ0v) is 14.8. The van der Waals surface area contributed by atoms with Crippen LogP contribution >= 0.6 is 11.8 Å². The van der Waals surface area contributed by atoms with Crippen molar-refractivity contribution in [3.05, 3.63) is 76.9 Å². The molecular formula is C19H15N3O3S. The van der Waals surface area contributed by atoms with Gasteiger partial charge in [0.25, 0.3) is 0 Å². The first kappa shape index (κ1) is 16.4. The van der Waals surface area contributed by atoms with Gasteiger partial charge in [-0.3, -0.25) is 0 Å². The van der Waals surface area contributed by atoms with Crippen molar-refractivity contribution in [2.75, 3.05) is 0 Å². The summed E-state index contributed by atoms with van der Waals surface area (Å²) in [4.78, 5) is 12.6. The molecule has 130 valence electrons. The summed E-state index contributed by atoms with van der Waals surface area (Å²) in [6, 6.07) is 18.4. The van der Waals surface area contributed by atoms with Crippen LogP contribution in [-0.2, 0) is 13.7 Å². The minimum Gasteiger partial charge on any atom is -0.486 e. The number of nitrogens with zero attached hydrogens (tertiary/aromatic N) is 3. The van der Waals surface area contributed by atoms with E-state index in [0.717, 1.165) is 16.0 Å². The van der Waals surface area contributed by atoms with Crippen molar-refractivity contribution in [1.82, 2.24) is 14.8 Å². The molecule has 0 amide bonds. The highest BCUT2D eigenvalue weighted by atomic mass is 32.2. The molecular weight excluding hydrogens is 350 g/mol. The largest absolute Gasteiger partial charge is 0.486 e. The molecule has 0 aliphatic heterocycles. The molecule has 0 aliphatic carbocycles. The van der Waals surface area contributed by atoms with Crippen molar-refractivity contribution in [3.8, 4) is 5.75 Å². The lowest BCUT2D eigenvalue weighted by molar-refractivity contribution is 0.290. The van der Waals surface area contributed by atoms with Gasteiger partial charge < -0.3 is 13.7 Å². The fraction of sp³-hybridized carbons (Fsp3) is 0.105. The number of fused-ring (bicyclic) bond motifs is 1. The minimum atomic E-state index is -0.388. The molecule has 0 unspecified atom stereocenters. The Kier molecular flexibility index (Phi) is 4.45. The second-order valence-electron chi connectivity index (χ2n) is 5.59. The fourth-order valence-corrected chi connectivity index (χ4v) is 3.44. The average Bonchev–Trinajstić information content (AvgIpc) is 3.00. The van der Waals surface area contributed by atoms with Crippen molar-refractivity contribution >= 4 is 22.7 Å². The molecule has 0 spiro atoms. The van der Waals surface area contributed by atoms with Gasteiger partial charge in [-0.05, 0) is 30.0 Å². The van der Waals surface area contributed by atoms with E-state index in [1.165, 1.54) is 17.8 Å². The average molecular weight is 365 g/mol. The van der Waals surface area contributed by atoms with Gasteiger partial charge in [0.15, 0.2) is 11.0 Å². The number of aromatic nitrogens is 3. The van der Waals surface area contributed by atoms with Crippen LogP contribution < -0.4 is 10.4 Å². The van der Waals surface area contributed by atoms with E-state index in [2.05, 4.69) is 10.2 Å². The number of benzene rings is 2. The SMILES string of the molecule is Cn1c(COc2ccccc2)nnc1Sc1cc(=O)oc2ccccc12. The number of ether oxygens (including phenoxy) is 1. The summed E-state index contributed by atoms with van der Waals surface area (Å²) in [7, 11) is 1.87. The first-order chi connectivity index (χ1) is 12.7. The van der Waals surface area contributed by atoms with Crippen LogP contribution in [0.25, 0.3) is 11.0 Å². The van der Waals surface area contributed by atoms with Crippen LogP contribution in [0.1, 0.15) is 5.82 Å². The lowest BCUT2D eigenvalue weighted by Crippen LogP contribution is -2.04. The Labute approximate surface area is 153 Å². The molecule has 0 N–H and O–H groups in total. The third kappa shape index (κ3) is 3.34. The number of hydrogen-bond donors (Lipinski definition) is 0. The van der Waals surface area contributed by atoms with Gasteiger partial charge in [-0.1, -0.05) is 36.4 Å². The molecule has 0 aliphatic rings. The Balaban J connectivity index is 1.58. The smallest absolute Gasteiger partial charge is 0.337 e. The molecule has 4 rings (SSSR count). The maximum atomic E-state index is 11.8. The summed E-state index contributed by atoms with van der Waals surface area (Å²) >= 11 is 1.37. The van der Waals surface area contributed by atoms with Crippen LogP contribution in [0.4, 0.5) is 0 Å². The van der Waals surface area contributed by atoms with Gasteiger partial charge in [0.05, 0.1) is 0 Å². The molecule has 0 fully saturated rings. The molecule has 0 bridgehead atoms. The minimum absolute atomic E-state index is 0.311. The Morgan fingerprint density at radius 1 is 1.08 bits per heavy atom. The highest BCUT2D eigenvalue weighted by molar-refractivity contribution is 7.99. The number of rotatable bonds is 5. The number of hydrogen-bond acceptors (Lipinski definition) is 6. The molecule has 0 saturated heterocycles. The highest BCUT2D eigenvalue weighted by Crippen LogP contribution is 2.31. The Hall–Kier alpha value is -3.06. The second-order valence-corrected chi connectivity index (χ2v) is 6.60. The first-order valence-corrected chi connectivity index (χ1v) is 8.79. The van der Waals surface area contributed by atoms with Crippen LogP contribution in [0, 0.1) is 0 Å². The molecule has 26 heavy (non-hydrogen) atoms. The van der Waals surface area contributed by atoms with Crippen molar-refractivity contribution < 1.29 is 9.15 Å². The zero-order valence-electron chi connectivity index (χ0n) is 14.0. The first-order valence-electron chi connectivity index (χ1n) is 7.97. The summed E-state index contributed by atoms with van der Waals surface area (Å²) in [6.07, 6.45) is 0. The predicted octanol–water partition coefficient (Wildman–Crippen LogP) is 3.65. The van der Waals surface area contributed by atoms with Crippen LogP contribution in [0.5, 0.6) is 5.75 Å². The van der Waals surface area contributed by atoms with E-state index in [1.807, 2.05) is 60.1 Å². The second kappa shape index (κ2) is 7.05. The van der Waals surface area contributed by atoms with Crippen LogP contribution in [-0.4, -0.2) is 14.8 Å². The van der Waals surface area contributed by atoms with Gasteiger partial charge in [0, 0.05) is 23.4 Å². The van der Waals surface area contributed by atoms with Crippen molar-refractivity contribution in [3.63, 3.8) is 0 Å². The van der Waals surface area contributed by atoms with Gasteiger partial charge in [0.1, 0.15) is 17.9 Å². The fourth-order valence-electron chi connectivity index (χ4n) is 2.49. The normalized spacial score (nSPS) is 11.0. The van der Waals surface area contributed by atoms with Gasteiger partial charge in [-0.2, -0.15) is 0 Å². The van der Waals surface area contributed by atoms with E-state index in [0.29, 0.717) is 23.2 Å². The molecule has 0 radical (unpaired) electrons. The summed E-state index contributed by atoms with van der Waals surface area (Å²) in [5, 5.41) is 9.95. The molecule has 6 nitrogen and oxygen atoms in total. The molecule has 0 atom stereocenters.